The van der Waals surface area contributed by atoms with Crippen molar-refractivity contribution in [3.8, 4) is 11.3 Å². The predicted molar refractivity (Wildman–Crippen MR) is 75.5 cm³/mol. The number of fused-ring (bicyclic) bond motifs is 1. The summed E-state index contributed by atoms with van der Waals surface area (Å²) in [5, 5.41) is 0. The van der Waals surface area contributed by atoms with Gasteiger partial charge in [-0.05, 0) is 26.0 Å². The van der Waals surface area contributed by atoms with E-state index in [1.807, 2.05) is 23.6 Å². The Morgan fingerprint density at radius 2 is 1.79 bits per heavy atom. The number of hydrogen-bond acceptors (Lipinski definition) is 2. The van der Waals surface area contributed by atoms with Gasteiger partial charge in [0.1, 0.15) is 5.65 Å². The number of aromatic nitrogens is 2. The van der Waals surface area contributed by atoms with Gasteiger partial charge in [0.2, 0.25) is 0 Å². The largest absolute Gasteiger partial charge is 0.303 e. The number of hydrogen-bond donors (Lipinski definition) is 0. The minimum absolute atomic E-state index is 0.656. The summed E-state index contributed by atoms with van der Waals surface area (Å²) < 4.78 is 1.96. The summed E-state index contributed by atoms with van der Waals surface area (Å²) in [6.07, 6.45) is 2.67. The van der Waals surface area contributed by atoms with E-state index < -0.39 is 0 Å². The first-order valence-electron chi connectivity index (χ1n) is 6.20. The average Bonchev–Trinajstić information content (AvgIpc) is 2.76. The van der Waals surface area contributed by atoms with E-state index >= 15 is 0 Å². The molecule has 3 heteroatoms. The number of carbonyl (C=O) groups is 1. The smallest absolute Gasteiger partial charge is 0.151 e. The Morgan fingerprint density at radius 3 is 2.47 bits per heavy atom. The molecule has 0 aliphatic heterocycles. The third-order valence-electron chi connectivity index (χ3n) is 3.34. The zero-order valence-corrected chi connectivity index (χ0v) is 10.9. The van der Waals surface area contributed by atoms with Crippen LogP contribution in [0.15, 0.2) is 42.6 Å². The van der Waals surface area contributed by atoms with Crippen molar-refractivity contribution in [3.63, 3.8) is 0 Å². The van der Waals surface area contributed by atoms with Crippen LogP contribution in [-0.2, 0) is 0 Å². The lowest BCUT2D eigenvalue weighted by molar-refractivity contribution is 0.112. The molecule has 0 aliphatic carbocycles. The fraction of sp³-hybridized carbons (Fsp3) is 0.125. The quantitative estimate of drug-likeness (QED) is 0.653. The van der Waals surface area contributed by atoms with Crippen molar-refractivity contribution in [3.05, 3.63) is 59.4 Å². The Morgan fingerprint density at radius 1 is 1.05 bits per heavy atom. The predicted octanol–water partition coefficient (Wildman–Crippen LogP) is 3.43. The van der Waals surface area contributed by atoms with Gasteiger partial charge in [0, 0.05) is 23.0 Å². The molecular weight excluding hydrogens is 236 g/mol. The lowest BCUT2D eigenvalue weighted by Gasteiger charge is -2.00. The molecule has 3 aromatic rings. The SMILES string of the molecule is Cc1ccc(-c2nc3ccc(C=O)cn3c2C)cc1. The third kappa shape index (κ3) is 1.93. The van der Waals surface area contributed by atoms with Gasteiger partial charge >= 0.3 is 0 Å². The standard InChI is InChI=1S/C16H14N2O/c1-11-3-6-14(7-4-11)16-12(2)18-9-13(10-19)5-8-15(18)17-16/h3-10H,1-2H3. The molecule has 0 bridgehead atoms. The first kappa shape index (κ1) is 11.7. The lowest BCUT2D eigenvalue weighted by atomic mass is 10.1. The van der Waals surface area contributed by atoms with E-state index in [0.29, 0.717) is 5.56 Å². The molecule has 0 amide bonds. The van der Waals surface area contributed by atoms with E-state index in [2.05, 4.69) is 36.2 Å². The molecule has 0 spiro atoms. The Hall–Kier alpha value is -2.42. The van der Waals surface area contributed by atoms with Crippen LogP contribution >= 0.6 is 0 Å². The van der Waals surface area contributed by atoms with Gasteiger partial charge in [-0.25, -0.2) is 4.98 Å². The number of benzene rings is 1. The van der Waals surface area contributed by atoms with E-state index in [1.54, 1.807) is 6.07 Å². The van der Waals surface area contributed by atoms with Crippen LogP contribution in [0.5, 0.6) is 0 Å². The summed E-state index contributed by atoms with van der Waals surface area (Å²) in [6, 6.07) is 12.0. The van der Waals surface area contributed by atoms with Gasteiger partial charge in [0.25, 0.3) is 0 Å². The van der Waals surface area contributed by atoms with Crippen molar-refractivity contribution in [2.75, 3.05) is 0 Å². The number of nitrogens with zero attached hydrogens (tertiary/aromatic N) is 2. The van der Waals surface area contributed by atoms with Crippen molar-refractivity contribution >= 4 is 11.9 Å². The Bertz CT molecular complexity index is 754. The fourth-order valence-corrected chi connectivity index (χ4v) is 2.23. The van der Waals surface area contributed by atoms with E-state index in [0.717, 1.165) is 28.9 Å². The molecule has 0 aliphatic rings. The molecule has 0 unspecified atom stereocenters. The minimum Gasteiger partial charge on any atom is -0.303 e. The highest BCUT2D eigenvalue weighted by molar-refractivity contribution is 5.76. The van der Waals surface area contributed by atoms with E-state index in [9.17, 15) is 4.79 Å². The number of pyridine rings is 1. The summed E-state index contributed by atoms with van der Waals surface area (Å²) in [4.78, 5) is 15.5. The molecule has 19 heavy (non-hydrogen) atoms. The minimum atomic E-state index is 0.656. The Balaban J connectivity index is 2.22. The second-order valence-corrected chi connectivity index (χ2v) is 4.72. The van der Waals surface area contributed by atoms with Gasteiger partial charge in [-0.3, -0.25) is 4.79 Å². The maximum Gasteiger partial charge on any atom is 0.151 e. The molecule has 3 rings (SSSR count). The van der Waals surface area contributed by atoms with Crippen LogP contribution in [0.3, 0.4) is 0 Å². The highest BCUT2D eigenvalue weighted by Crippen LogP contribution is 2.24. The van der Waals surface area contributed by atoms with Gasteiger partial charge in [0.15, 0.2) is 6.29 Å². The molecule has 0 saturated heterocycles. The lowest BCUT2D eigenvalue weighted by Crippen LogP contribution is -1.90. The normalized spacial score (nSPS) is 10.8. The van der Waals surface area contributed by atoms with Crippen molar-refractivity contribution in [2.24, 2.45) is 0 Å². The average molecular weight is 250 g/mol. The molecule has 2 heterocycles. The first-order chi connectivity index (χ1) is 9.19. The number of aryl methyl sites for hydroxylation is 2. The third-order valence-corrected chi connectivity index (χ3v) is 3.34. The van der Waals surface area contributed by atoms with Crippen molar-refractivity contribution in [1.82, 2.24) is 9.38 Å². The van der Waals surface area contributed by atoms with Crippen molar-refractivity contribution < 1.29 is 4.79 Å². The van der Waals surface area contributed by atoms with Crippen LogP contribution in [0.1, 0.15) is 21.6 Å². The van der Waals surface area contributed by atoms with Crippen LogP contribution < -0.4 is 0 Å². The van der Waals surface area contributed by atoms with Crippen LogP contribution in [0.2, 0.25) is 0 Å². The van der Waals surface area contributed by atoms with Gasteiger partial charge in [-0.15, -0.1) is 0 Å². The number of carbonyl (C=O) groups excluding carboxylic acids is 1. The Labute approximate surface area is 111 Å². The zero-order valence-electron chi connectivity index (χ0n) is 10.9. The molecule has 0 fully saturated rings. The number of aldehydes is 1. The topological polar surface area (TPSA) is 34.4 Å². The van der Waals surface area contributed by atoms with Crippen molar-refractivity contribution in [1.29, 1.82) is 0 Å². The first-order valence-corrected chi connectivity index (χ1v) is 6.20. The summed E-state index contributed by atoms with van der Waals surface area (Å²) in [6.45, 7) is 4.08. The van der Waals surface area contributed by atoms with E-state index in [-0.39, 0.29) is 0 Å². The van der Waals surface area contributed by atoms with Crippen LogP contribution in [0, 0.1) is 13.8 Å². The monoisotopic (exact) mass is 250 g/mol. The van der Waals surface area contributed by atoms with Gasteiger partial charge in [-0.1, -0.05) is 29.8 Å². The maximum atomic E-state index is 10.8. The van der Waals surface area contributed by atoms with Gasteiger partial charge in [0.05, 0.1) is 5.69 Å². The maximum absolute atomic E-state index is 10.8. The van der Waals surface area contributed by atoms with Crippen LogP contribution in [-0.4, -0.2) is 15.7 Å². The molecule has 0 atom stereocenters. The molecular formula is C16H14N2O. The van der Waals surface area contributed by atoms with E-state index in [1.165, 1.54) is 5.56 Å². The van der Waals surface area contributed by atoms with Crippen LogP contribution in [0.4, 0.5) is 0 Å². The van der Waals surface area contributed by atoms with E-state index in [4.69, 9.17) is 0 Å². The van der Waals surface area contributed by atoms with Gasteiger partial charge < -0.3 is 4.40 Å². The second kappa shape index (κ2) is 4.35. The molecule has 2 aromatic heterocycles. The Kier molecular flexibility index (Phi) is 2.67. The molecule has 3 nitrogen and oxygen atoms in total. The number of imidazole rings is 1. The highest BCUT2D eigenvalue weighted by Gasteiger charge is 2.10. The van der Waals surface area contributed by atoms with Gasteiger partial charge in [-0.2, -0.15) is 0 Å². The molecule has 1 aromatic carbocycles. The number of rotatable bonds is 2. The van der Waals surface area contributed by atoms with Crippen LogP contribution in [0.25, 0.3) is 16.9 Å². The summed E-state index contributed by atoms with van der Waals surface area (Å²) in [5.74, 6) is 0. The summed E-state index contributed by atoms with van der Waals surface area (Å²) in [7, 11) is 0. The van der Waals surface area contributed by atoms with Crippen molar-refractivity contribution in [2.45, 2.75) is 13.8 Å². The molecule has 0 N–H and O–H groups in total. The molecule has 0 radical (unpaired) electrons. The summed E-state index contributed by atoms with van der Waals surface area (Å²) in [5.41, 5.74) is 5.85. The zero-order chi connectivity index (χ0) is 13.4. The highest BCUT2D eigenvalue weighted by atomic mass is 16.1. The fourth-order valence-electron chi connectivity index (χ4n) is 2.23. The molecule has 94 valence electrons. The molecule has 0 saturated carbocycles. The summed E-state index contributed by atoms with van der Waals surface area (Å²) >= 11 is 0. The second-order valence-electron chi connectivity index (χ2n) is 4.72.